The summed E-state index contributed by atoms with van der Waals surface area (Å²) in [5.74, 6) is -0.368. The molecule has 0 radical (unpaired) electrons. The van der Waals surface area contributed by atoms with Crippen LogP contribution in [-0.4, -0.2) is 24.9 Å². The quantitative estimate of drug-likeness (QED) is 0.865. The fraction of sp³-hybridized carbons (Fsp3) is 0.529. The van der Waals surface area contributed by atoms with Gasteiger partial charge in [-0.2, -0.15) is 0 Å². The molecule has 1 fully saturated rings. The van der Waals surface area contributed by atoms with Crippen LogP contribution in [0, 0.1) is 25.7 Å². The van der Waals surface area contributed by atoms with E-state index in [9.17, 15) is 9.59 Å². The van der Waals surface area contributed by atoms with Gasteiger partial charge in [0.25, 0.3) is 0 Å². The van der Waals surface area contributed by atoms with Gasteiger partial charge in [0.2, 0.25) is 11.8 Å². The fourth-order valence-electron chi connectivity index (χ4n) is 2.71. The number of nitrogens with one attached hydrogen (secondary N) is 1. The zero-order chi connectivity index (χ0) is 15.6. The van der Waals surface area contributed by atoms with Crippen molar-refractivity contribution in [3.8, 4) is 0 Å². The summed E-state index contributed by atoms with van der Waals surface area (Å²) in [7, 11) is 0. The number of carbonyl (C=O) groups is 2. The van der Waals surface area contributed by atoms with Crippen LogP contribution in [-0.2, 0) is 9.59 Å². The maximum Gasteiger partial charge on any atom is 0.239 e. The highest BCUT2D eigenvalue weighted by molar-refractivity contribution is 6.09. The van der Waals surface area contributed by atoms with Crippen molar-refractivity contribution in [2.75, 3.05) is 18.0 Å². The Hall–Kier alpha value is -1.84. The number of amides is 2. The summed E-state index contributed by atoms with van der Waals surface area (Å²) < 4.78 is 0. The molecule has 1 aliphatic rings. The van der Waals surface area contributed by atoms with Crippen molar-refractivity contribution in [2.24, 2.45) is 11.8 Å². The topological polar surface area (TPSA) is 49.4 Å². The number of benzene rings is 1. The van der Waals surface area contributed by atoms with Crippen molar-refractivity contribution in [1.82, 2.24) is 5.32 Å². The second-order valence-electron chi connectivity index (χ2n) is 6.32. The highest BCUT2D eigenvalue weighted by atomic mass is 16.2. The van der Waals surface area contributed by atoms with E-state index in [0.29, 0.717) is 25.4 Å². The van der Waals surface area contributed by atoms with E-state index < -0.39 is 5.92 Å². The monoisotopic (exact) mass is 288 g/mol. The van der Waals surface area contributed by atoms with Crippen LogP contribution in [0.1, 0.15) is 31.4 Å². The molecule has 4 nitrogen and oxygen atoms in total. The Kier molecular flexibility index (Phi) is 4.66. The minimum absolute atomic E-state index is 0.0822. The summed E-state index contributed by atoms with van der Waals surface area (Å²) >= 11 is 0. The van der Waals surface area contributed by atoms with Crippen molar-refractivity contribution >= 4 is 17.5 Å². The number of nitrogens with zero attached hydrogens (tertiary/aromatic N) is 1. The second-order valence-corrected chi connectivity index (χ2v) is 6.32. The van der Waals surface area contributed by atoms with Gasteiger partial charge in [-0.05, 0) is 49.4 Å². The lowest BCUT2D eigenvalue weighted by molar-refractivity contribution is -0.132. The Morgan fingerprint density at radius 2 is 1.90 bits per heavy atom. The summed E-state index contributed by atoms with van der Waals surface area (Å²) in [5.41, 5.74) is 3.16. The van der Waals surface area contributed by atoms with E-state index in [1.165, 1.54) is 0 Å². The first-order valence-electron chi connectivity index (χ1n) is 7.56. The van der Waals surface area contributed by atoms with Gasteiger partial charge in [0.05, 0.1) is 0 Å². The third-order valence-electron chi connectivity index (χ3n) is 3.72. The smallest absolute Gasteiger partial charge is 0.239 e. The van der Waals surface area contributed by atoms with Gasteiger partial charge in [-0.3, -0.25) is 9.59 Å². The lowest BCUT2D eigenvalue weighted by Crippen LogP contribution is -2.38. The van der Waals surface area contributed by atoms with Gasteiger partial charge in [-0.15, -0.1) is 0 Å². The summed E-state index contributed by atoms with van der Waals surface area (Å²) in [5, 5.41) is 2.86. The molecule has 1 heterocycles. The minimum atomic E-state index is -0.537. The predicted molar refractivity (Wildman–Crippen MR) is 84.2 cm³/mol. The molecule has 0 spiro atoms. The van der Waals surface area contributed by atoms with Crippen LogP contribution in [0.25, 0.3) is 0 Å². The average molecular weight is 288 g/mol. The maximum atomic E-state index is 12.5. The molecule has 1 N–H and O–H groups in total. The first-order chi connectivity index (χ1) is 9.88. The van der Waals surface area contributed by atoms with Crippen molar-refractivity contribution in [3.63, 3.8) is 0 Å². The molecule has 0 saturated carbocycles. The van der Waals surface area contributed by atoms with E-state index >= 15 is 0 Å². The molecule has 21 heavy (non-hydrogen) atoms. The Morgan fingerprint density at radius 3 is 2.48 bits per heavy atom. The maximum absolute atomic E-state index is 12.5. The Bertz CT molecular complexity index is 531. The van der Waals surface area contributed by atoms with E-state index in [-0.39, 0.29) is 11.8 Å². The van der Waals surface area contributed by atoms with Crippen LogP contribution in [0.4, 0.5) is 5.69 Å². The molecule has 0 bridgehead atoms. The zero-order valence-electron chi connectivity index (χ0n) is 13.3. The standard InChI is InChI=1S/C17H24N2O2/c1-11(2)10-18-16(20)15-5-6-19(17(15)21)14-8-12(3)7-13(4)9-14/h7-9,11,15H,5-6,10H2,1-4H3,(H,18,20). The first-order valence-corrected chi connectivity index (χ1v) is 7.56. The van der Waals surface area contributed by atoms with E-state index in [1.54, 1.807) is 4.90 Å². The third-order valence-corrected chi connectivity index (χ3v) is 3.72. The van der Waals surface area contributed by atoms with Crippen LogP contribution in [0.2, 0.25) is 0 Å². The number of hydrogen-bond acceptors (Lipinski definition) is 2. The third kappa shape index (κ3) is 3.63. The van der Waals surface area contributed by atoms with Crippen molar-refractivity contribution in [3.05, 3.63) is 29.3 Å². The molecule has 0 aliphatic carbocycles. The van der Waals surface area contributed by atoms with Gasteiger partial charge in [0.15, 0.2) is 0 Å². The molecule has 1 aliphatic heterocycles. The van der Waals surface area contributed by atoms with Gasteiger partial charge in [-0.1, -0.05) is 19.9 Å². The van der Waals surface area contributed by atoms with Crippen LogP contribution in [0.15, 0.2) is 18.2 Å². The molecule has 114 valence electrons. The minimum Gasteiger partial charge on any atom is -0.355 e. The van der Waals surface area contributed by atoms with Gasteiger partial charge < -0.3 is 10.2 Å². The number of hydrogen-bond donors (Lipinski definition) is 1. The second kappa shape index (κ2) is 6.29. The summed E-state index contributed by atoms with van der Waals surface area (Å²) in [6.07, 6.45) is 0.593. The van der Waals surface area contributed by atoms with Gasteiger partial charge in [0, 0.05) is 18.8 Å². The number of rotatable bonds is 4. The molecule has 1 unspecified atom stereocenters. The highest BCUT2D eigenvalue weighted by Gasteiger charge is 2.37. The first kappa shape index (κ1) is 15.5. The van der Waals surface area contributed by atoms with Gasteiger partial charge in [0.1, 0.15) is 5.92 Å². The summed E-state index contributed by atoms with van der Waals surface area (Å²) in [6, 6.07) is 6.08. The van der Waals surface area contributed by atoms with Gasteiger partial charge >= 0.3 is 0 Å². The molecule has 1 aromatic rings. The number of anilines is 1. The molecule has 4 heteroatoms. The SMILES string of the molecule is Cc1cc(C)cc(N2CCC(C(=O)NCC(C)C)C2=O)c1. The molecular formula is C17H24N2O2. The largest absolute Gasteiger partial charge is 0.355 e. The van der Waals surface area contributed by atoms with Crippen molar-refractivity contribution < 1.29 is 9.59 Å². The molecule has 1 saturated heterocycles. The molecule has 1 aromatic carbocycles. The van der Waals surface area contributed by atoms with E-state index in [0.717, 1.165) is 16.8 Å². The van der Waals surface area contributed by atoms with E-state index in [2.05, 4.69) is 11.4 Å². The number of aryl methyl sites for hydroxylation is 2. The Balaban J connectivity index is 2.09. The molecular weight excluding hydrogens is 264 g/mol. The van der Waals surface area contributed by atoms with Crippen LogP contribution >= 0.6 is 0 Å². The van der Waals surface area contributed by atoms with Crippen molar-refractivity contribution in [1.29, 1.82) is 0 Å². The Labute approximate surface area is 126 Å². The fourth-order valence-corrected chi connectivity index (χ4v) is 2.71. The zero-order valence-corrected chi connectivity index (χ0v) is 13.3. The molecule has 2 amide bonds. The van der Waals surface area contributed by atoms with Crippen LogP contribution < -0.4 is 10.2 Å². The van der Waals surface area contributed by atoms with Crippen LogP contribution in [0.5, 0.6) is 0 Å². The molecule has 2 rings (SSSR count). The summed E-state index contributed by atoms with van der Waals surface area (Å²) in [4.78, 5) is 26.3. The predicted octanol–water partition coefficient (Wildman–Crippen LogP) is 2.43. The lowest BCUT2D eigenvalue weighted by atomic mass is 10.1. The van der Waals surface area contributed by atoms with Gasteiger partial charge in [-0.25, -0.2) is 0 Å². The average Bonchev–Trinajstić information content (AvgIpc) is 2.76. The normalized spacial score (nSPS) is 18.4. The van der Waals surface area contributed by atoms with Crippen LogP contribution in [0.3, 0.4) is 0 Å². The van der Waals surface area contributed by atoms with Crippen molar-refractivity contribution in [2.45, 2.75) is 34.1 Å². The van der Waals surface area contributed by atoms with E-state index in [4.69, 9.17) is 0 Å². The molecule has 0 aromatic heterocycles. The summed E-state index contributed by atoms with van der Waals surface area (Å²) in [6.45, 7) is 9.35. The lowest BCUT2D eigenvalue weighted by Gasteiger charge is -2.18. The highest BCUT2D eigenvalue weighted by Crippen LogP contribution is 2.27. The van der Waals surface area contributed by atoms with E-state index in [1.807, 2.05) is 39.8 Å². The Morgan fingerprint density at radius 1 is 1.29 bits per heavy atom. The molecule has 1 atom stereocenters. The number of carbonyl (C=O) groups excluding carboxylic acids is 2.